The molecule has 0 unspecified atom stereocenters. The summed E-state index contributed by atoms with van der Waals surface area (Å²) in [6.45, 7) is 12.2. The van der Waals surface area contributed by atoms with Crippen LogP contribution in [0.1, 0.15) is 72.6 Å². The van der Waals surface area contributed by atoms with E-state index in [0.717, 1.165) is 44.8 Å². The summed E-state index contributed by atoms with van der Waals surface area (Å²) in [5.41, 5.74) is 0. The van der Waals surface area contributed by atoms with Gasteiger partial charge < -0.3 is 19.5 Å². The van der Waals surface area contributed by atoms with Crippen LogP contribution in [0, 0.1) is 5.92 Å². The second-order valence-electron chi connectivity index (χ2n) is 7.24. The van der Waals surface area contributed by atoms with Crippen molar-refractivity contribution in [1.29, 1.82) is 0 Å². The Morgan fingerprint density at radius 3 is 1.96 bits per heavy atom. The molecule has 0 aliphatic rings. The van der Waals surface area contributed by atoms with Gasteiger partial charge in [-0.2, -0.15) is 0 Å². The zero-order valence-electron chi connectivity index (χ0n) is 17.0. The highest BCUT2D eigenvalue weighted by Gasteiger charge is 2.02. The van der Waals surface area contributed by atoms with E-state index in [2.05, 4.69) is 19.2 Å². The van der Waals surface area contributed by atoms with Crippen LogP contribution < -0.4 is 5.32 Å². The summed E-state index contributed by atoms with van der Waals surface area (Å²) in [6, 6.07) is 0. The number of hydrogen-bond donors (Lipinski definition) is 1. The van der Waals surface area contributed by atoms with Gasteiger partial charge in [-0.1, -0.05) is 33.1 Å². The molecule has 0 saturated carbocycles. The van der Waals surface area contributed by atoms with E-state index in [9.17, 15) is 4.79 Å². The lowest BCUT2D eigenvalue weighted by atomic mass is 10.1. The minimum Gasteiger partial charge on any atom is -0.379 e. The van der Waals surface area contributed by atoms with Crippen LogP contribution in [-0.2, 0) is 19.0 Å². The van der Waals surface area contributed by atoms with E-state index in [0.29, 0.717) is 19.8 Å². The second-order valence-corrected chi connectivity index (χ2v) is 7.24. The van der Waals surface area contributed by atoms with Crippen LogP contribution in [0.5, 0.6) is 0 Å². The first kappa shape index (κ1) is 24.4. The lowest BCUT2D eigenvalue weighted by Crippen LogP contribution is -2.29. The first-order valence-corrected chi connectivity index (χ1v) is 10.1. The van der Waals surface area contributed by atoms with Gasteiger partial charge in [0.25, 0.3) is 0 Å². The SMILES string of the molecule is CC(C)CCCCCOCCOCCCCCNC(=O)COC(C)C. The van der Waals surface area contributed by atoms with Gasteiger partial charge in [-0.05, 0) is 45.4 Å². The summed E-state index contributed by atoms with van der Waals surface area (Å²) >= 11 is 0. The van der Waals surface area contributed by atoms with Gasteiger partial charge in [0, 0.05) is 19.8 Å². The Labute approximate surface area is 155 Å². The van der Waals surface area contributed by atoms with Crippen LogP contribution in [-0.4, -0.2) is 51.6 Å². The number of carbonyl (C=O) groups excluding carboxylic acids is 1. The Morgan fingerprint density at radius 1 is 0.800 bits per heavy atom. The molecule has 150 valence electrons. The van der Waals surface area contributed by atoms with Crippen molar-refractivity contribution in [2.75, 3.05) is 39.6 Å². The molecule has 0 aliphatic carbocycles. The van der Waals surface area contributed by atoms with Crippen LogP contribution in [0.25, 0.3) is 0 Å². The Kier molecular flexibility index (Phi) is 17.7. The minimum atomic E-state index is -0.0358. The van der Waals surface area contributed by atoms with E-state index in [1.54, 1.807) is 0 Å². The fourth-order valence-electron chi connectivity index (χ4n) is 2.28. The number of carbonyl (C=O) groups is 1. The molecule has 0 fully saturated rings. The molecular weight excluding hydrogens is 318 g/mol. The average Bonchev–Trinajstić information content (AvgIpc) is 2.56. The molecule has 0 aromatic rings. The summed E-state index contributed by atoms with van der Waals surface area (Å²) in [5, 5.41) is 2.86. The summed E-state index contributed by atoms with van der Waals surface area (Å²) in [6.07, 6.45) is 8.19. The lowest BCUT2D eigenvalue weighted by molar-refractivity contribution is -0.127. The number of amides is 1. The highest BCUT2D eigenvalue weighted by Crippen LogP contribution is 2.07. The van der Waals surface area contributed by atoms with Gasteiger partial charge in [0.1, 0.15) is 6.61 Å². The second kappa shape index (κ2) is 18.2. The zero-order valence-corrected chi connectivity index (χ0v) is 17.0. The van der Waals surface area contributed by atoms with E-state index in [1.165, 1.54) is 19.3 Å². The van der Waals surface area contributed by atoms with Gasteiger partial charge in [0.05, 0.1) is 19.3 Å². The van der Waals surface area contributed by atoms with Crippen molar-refractivity contribution in [2.24, 2.45) is 5.92 Å². The summed E-state index contributed by atoms with van der Waals surface area (Å²) in [5.74, 6) is 0.774. The first-order valence-electron chi connectivity index (χ1n) is 10.1. The highest BCUT2D eigenvalue weighted by molar-refractivity contribution is 5.77. The summed E-state index contributed by atoms with van der Waals surface area (Å²) in [7, 11) is 0. The van der Waals surface area contributed by atoms with Crippen molar-refractivity contribution in [3.63, 3.8) is 0 Å². The fourth-order valence-corrected chi connectivity index (χ4v) is 2.28. The van der Waals surface area contributed by atoms with Gasteiger partial charge >= 0.3 is 0 Å². The Morgan fingerprint density at radius 2 is 1.40 bits per heavy atom. The number of nitrogens with one attached hydrogen (secondary N) is 1. The fraction of sp³-hybridized carbons (Fsp3) is 0.950. The number of rotatable bonds is 18. The minimum absolute atomic E-state index is 0.0358. The normalized spacial score (nSPS) is 11.4. The Balaban J connectivity index is 3.10. The molecule has 1 N–H and O–H groups in total. The van der Waals surface area contributed by atoms with E-state index < -0.39 is 0 Å². The molecule has 0 rings (SSSR count). The molecule has 5 heteroatoms. The monoisotopic (exact) mass is 359 g/mol. The van der Waals surface area contributed by atoms with Gasteiger partial charge in [0.2, 0.25) is 5.91 Å². The number of ether oxygens (including phenoxy) is 3. The Hall–Kier alpha value is -0.650. The molecule has 25 heavy (non-hydrogen) atoms. The van der Waals surface area contributed by atoms with E-state index in [-0.39, 0.29) is 18.6 Å². The molecule has 0 aromatic heterocycles. The van der Waals surface area contributed by atoms with E-state index in [1.807, 2.05) is 13.8 Å². The van der Waals surface area contributed by atoms with Crippen LogP contribution in [0.4, 0.5) is 0 Å². The van der Waals surface area contributed by atoms with Crippen molar-refractivity contribution in [2.45, 2.75) is 78.7 Å². The molecule has 0 aliphatic heterocycles. The number of unbranched alkanes of at least 4 members (excludes halogenated alkanes) is 4. The molecule has 0 heterocycles. The maximum absolute atomic E-state index is 11.4. The van der Waals surface area contributed by atoms with Crippen LogP contribution in [0.3, 0.4) is 0 Å². The molecule has 0 saturated heterocycles. The van der Waals surface area contributed by atoms with Gasteiger partial charge in [-0.15, -0.1) is 0 Å². The molecule has 0 atom stereocenters. The van der Waals surface area contributed by atoms with Crippen LogP contribution in [0.2, 0.25) is 0 Å². The summed E-state index contributed by atoms with van der Waals surface area (Å²) < 4.78 is 16.4. The maximum Gasteiger partial charge on any atom is 0.246 e. The largest absolute Gasteiger partial charge is 0.379 e. The van der Waals surface area contributed by atoms with Crippen LogP contribution >= 0.6 is 0 Å². The molecule has 0 radical (unpaired) electrons. The van der Waals surface area contributed by atoms with Gasteiger partial charge in [-0.3, -0.25) is 4.79 Å². The van der Waals surface area contributed by atoms with Crippen molar-refractivity contribution in [3.05, 3.63) is 0 Å². The third-order valence-corrected chi connectivity index (χ3v) is 3.78. The third kappa shape index (κ3) is 21.3. The highest BCUT2D eigenvalue weighted by atomic mass is 16.5. The molecule has 0 bridgehead atoms. The topological polar surface area (TPSA) is 56.8 Å². The third-order valence-electron chi connectivity index (χ3n) is 3.78. The predicted molar refractivity (Wildman–Crippen MR) is 103 cm³/mol. The van der Waals surface area contributed by atoms with Crippen molar-refractivity contribution in [1.82, 2.24) is 5.32 Å². The van der Waals surface area contributed by atoms with Gasteiger partial charge in [0.15, 0.2) is 0 Å². The molecule has 1 amide bonds. The Bertz CT molecular complexity index is 295. The van der Waals surface area contributed by atoms with Gasteiger partial charge in [-0.25, -0.2) is 0 Å². The van der Waals surface area contributed by atoms with Crippen LogP contribution in [0.15, 0.2) is 0 Å². The van der Waals surface area contributed by atoms with Crippen molar-refractivity contribution >= 4 is 5.91 Å². The van der Waals surface area contributed by atoms with E-state index in [4.69, 9.17) is 14.2 Å². The van der Waals surface area contributed by atoms with E-state index >= 15 is 0 Å². The predicted octanol–water partition coefficient (Wildman–Crippen LogP) is 3.95. The molecular formula is C20H41NO4. The zero-order chi connectivity index (χ0) is 18.8. The smallest absolute Gasteiger partial charge is 0.246 e. The van der Waals surface area contributed by atoms with Crippen molar-refractivity contribution < 1.29 is 19.0 Å². The average molecular weight is 360 g/mol. The van der Waals surface area contributed by atoms with Crippen molar-refractivity contribution in [3.8, 4) is 0 Å². The molecule has 0 aromatic carbocycles. The summed E-state index contributed by atoms with van der Waals surface area (Å²) in [4.78, 5) is 11.4. The maximum atomic E-state index is 11.4. The number of hydrogen-bond acceptors (Lipinski definition) is 4. The quantitative estimate of drug-likeness (QED) is 0.377. The lowest BCUT2D eigenvalue weighted by Gasteiger charge is -2.08. The first-order chi connectivity index (χ1) is 12.0. The molecule has 0 spiro atoms. The molecule has 5 nitrogen and oxygen atoms in total. The standard InChI is InChI=1S/C20H41NO4/c1-18(2)11-7-5-9-13-23-15-16-24-14-10-6-8-12-21-20(22)17-25-19(3)4/h18-19H,5-17H2,1-4H3,(H,21,22).